The molecule has 2 N–H and O–H groups in total. The monoisotopic (exact) mass is 280 g/mol. The molecule has 0 radical (unpaired) electrons. The molecule has 0 amide bonds. The molecule has 6 heteroatoms. The molecule has 0 aliphatic carbocycles. The van der Waals surface area contributed by atoms with Crippen LogP contribution in [0.4, 0.5) is 0 Å². The fourth-order valence-corrected chi connectivity index (χ4v) is 2.39. The van der Waals surface area contributed by atoms with Crippen molar-refractivity contribution in [1.29, 1.82) is 0 Å². The maximum absolute atomic E-state index is 10.8. The molecule has 0 aromatic carbocycles. The molecule has 0 aliphatic heterocycles. The molecule has 0 bridgehead atoms. The van der Waals surface area contributed by atoms with E-state index in [0.29, 0.717) is 12.8 Å². The van der Waals surface area contributed by atoms with E-state index in [2.05, 4.69) is 4.74 Å². The standard InChI is InChI=1S/C12H25O5P/c1-17-12(13)10-8-6-4-2-3-5-7-9-11-18(14,15)16/h2-11H2,1H3,(H2,14,15,16). The van der Waals surface area contributed by atoms with Gasteiger partial charge in [-0.2, -0.15) is 0 Å². The molecule has 5 nitrogen and oxygen atoms in total. The number of hydrogen-bond acceptors (Lipinski definition) is 3. The SMILES string of the molecule is COC(=O)CCCCCCCCCCP(=O)(O)O. The first-order valence-corrected chi connectivity index (χ1v) is 8.37. The molecule has 0 saturated carbocycles. The highest BCUT2D eigenvalue weighted by Gasteiger charge is 2.10. The Labute approximate surface area is 109 Å². The topological polar surface area (TPSA) is 83.8 Å². The lowest BCUT2D eigenvalue weighted by molar-refractivity contribution is -0.140. The van der Waals surface area contributed by atoms with E-state index in [9.17, 15) is 9.36 Å². The van der Waals surface area contributed by atoms with Crippen LogP contribution in [0.2, 0.25) is 0 Å². The minimum Gasteiger partial charge on any atom is -0.469 e. The first-order chi connectivity index (χ1) is 8.45. The highest BCUT2D eigenvalue weighted by Crippen LogP contribution is 2.35. The van der Waals surface area contributed by atoms with Gasteiger partial charge in [0.25, 0.3) is 0 Å². The number of unbranched alkanes of at least 4 members (excludes halogenated alkanes) is 7. The van der Waals surface area contributed by atoms with Crippen LogP contribution in [-0.4, -0.2) is 29.0 Å². The largest absolute Gasteiger partial charge is 0.469 e. The van der Waals surface area contributed by atoms with Crippen LogP contribution in [0.25, 0.3) is 0 Å². The lowest BCUT2D eigenvalue weighted by Crippen LogP contribution is -1.99. The minimum absolute atomic E-state index is 0.00608. The number of rotatable bonds is 11. The summed E-state index contributed by atoms with van der Waals surface area (Å²) in [6, 6.07) is 0. The van der Waals surface area contributed by atoms with Gasteiger partial charge in [-0.15, -0.1) is 0 Å². The average molecular weight is 280 g/mol. The Morgan fingerprint density at radius 3 is 1.83 bits per heavy atom. The number of ether oxygens (including phenoxy) is 1. The smallest absolute Gasteiger partial charge is 0.325 e. The number of esters is 1. The highest BCUT2D eigenvalue weighted by atomic mass is 31.2. The summed E-state index contributed by atoms with van der Waals surface area (Å²) in [5.74, 6) is -0.146. The molecule has 0 rings (SSSR count). The van der Waals surface area contributed by atoms with Gasteiger partial charge in [0.15, 0.2) is 0 Å². The Balaban J connectivity index is 3.12. The van der Waals surface area contributed by atoms with Gasteiger partial charge in [-0.3, -0.25) is 9.36 Å². The van der Waals surface area contributed by atoms with Crippen molar-refractivity contribution in [3.8, 4) is 0 Å². The third kappa shape index (κ3) is 13.7. The van der Waals surface area contributed by atoms with Gasteiger partial charge in [0.05, 0.1) is 7.11 Å². The number of hydrogen-bond donors (Lipinski definition) is 2. The van der Waals surface area contributed by atoms with Gasteiger partial charge in [0.1, 0.15) is 0 Å². The fourth-order valence-electron chi connectivity index (χ4n) is 1.75. The van der Waals surface area contributed by atoms with Crippen LogP contribution in [0, 0.1) is 0 Å². The Morgan fingerprint density at radius 1 is 0.944 bits per heavy atom. The third-order valence-corrected chi connectivity index (χ3v) is 3.71. The van der Waals surface area contributed by atoms with Gasteiger partial charge in [0, 0.05) is 12.6 Å². The zero-order valence-electron chi connectivity index (χ0n) is 11.1. The second-order valence-corrected chi connectivity index (χ2v) is 6.32. The lowest BCUT2D eigenvalue weighted by Gasteiger charge is -2.04. The van der Waals surface area contributed by atoms with Crippen molar-refractivity contribution in [3.63, 3.8) is 0 Å². The van der Waals surface area contributed by atoms with E-state index in [0.717, 1.165) is 44.9 Å². The highest BCUT2D eigenvalue weighted by molar-refractivity contribution is 7.51. The Bertz CT molecular complexity index is 261. The lowest BCUT2D eigenvalue weighted by atomic mass is 10.1. The minimum atomic E-state index is -3.79. The molecule has 0 fully saturated rings. The fraction of sp³-hybridized carbons (Fsp3) is 0.917. The Kier molecular flexibility index (Phi) is 10.3. The van der Waals surface area contributed by atoms with E-state index in [1.807, 2.05) is 0 Å². The van der Waals surface area contributed by atoms with Gasteiger partial charge in [-0.25, -0.2) is 0 Å². The van der Waals surface area contributed by atoms with Gasteiger partial charge >= 0.3 is 13.6 Å². The first kappa shape index (κ1) is 17.6. The summed E-state index contributed by atoms with van der Waals surface area (Å²) in [5.41, 5.74) is 0. The van der Waals surface area contributed by atoms with Crippen LogP contribution in [0.1, 0.15) is 57.8 Å². The van der Waals surface area contributed by atoms with Gasteiger partial charge in [-0.1, -0.05) is 38.5 Å². The van der Waals surface area contributed by atoms with Crippen molar-refractivity contribution in [2.45, 2.75) is 57.8 Å². The van der Waals surface area contributed by atoms with Crippen LogP contribution in [0.15, 0.2) is 0 Å². The normalized spacial score (nSPS) is 11.5. The summed E-state index contributed by atoms with van der Waals surface area (Å²) in [6.45, 7) is 0. The maximum Gasteiger partial charge on any atom is 0.325 e. The quantitative estimate of drug-likeness (QED) is 0.345. The molecule has 0 atom stereocenters. The van der Waals surface area contributed by atoms with Crippen LogP contribution >= 0.6 is 7.60 Å². The Hall–Kier alpha value is -0.380. The summed E-state index contributed by atoms with van der Waals surface area (Å²) in [6.07, 6.45) is 8.26. The molecule has 108 valence electrons. The molecule has 0 aliphatic rings. The summed E-state index contributed by atoms with van der Waals surface area (Å²) >= 11 is 0. The molecule has 18 heavy (non-hydrogen) atoms. The van der Waals surface area contributed by atoms with E-state index < -0.39 is 7.60 Å². The molecule has 0 heterocycles. The van der Waals surface area contributed by atoms with Gasteiger partial charge in [0.2, 0.25) is 0 Å². The van der Waals surface area contributed by atoms with E-state index in [-0.39, 0.29) is 12.1 Å². The molecule has 0 aromatic heterocycles. The zero-order valence-corrected chi connectivity index (χ0v) is 12.0. The van der Waals surface area contributed by atoms with E-state index >= 15 is 0 Å². The van der Waals surface area contributed by atoms with E-state index in [4.69, 9.17) is 9.79 Å². The maximum atomic E-state index is 10.8. The summed E-state index contributed by atoms with van der Waals surface area (Å²) < 4.78 is 15.1. The van der Waals surface area contributed by atoms with E-state index in [1.54, 1.807) is 0 Å². The summed E-state index contributed by atoms with van der Waals surface area (Å²) in [7, 11) is -2.39. The van der Waals surface area contributed by atoms with Crippen LogP contribution < -0.4 is 0 Å². The van der Waals surface area contributed by atoms with Crippen molar-refractivity contribution < 1.29 is 23.9 Å². The van der Waals surface area contributed by atoms with Crippen molar-refractivity contribution in [3.05, 3.63) is 0 Å². The van der Waals surface area contributed by atoms with E-state index in [1.165, 1.54) is 7.11 Å². The molecular formula is C12H25O5P. The average Bonchev–Trinajstić information content (AvgIpc) is 2.29. The van der Waals surface area contributed by atoms with Crippen molar-refractivity contribution >= 4 is 13.6 Å². The first-order valence-electron chi connectivity index (χ1n) is 6.57. The third-order valence-electron chi connectivity index (χ3n) is 2.81. The summed E-state index contributed by atoms with van der Waals surface area (Å²) in [4.78, 5) is 28.1. The number of carbonyl (C=O) groups excluding carboxylic acids is 1. The van der Waals surface area contributed by atoms with Crippen molar-refractivity contribution in [1.82, 2.24) is 0 Å². The molecular weight excluding hydrogens is 255 g/mol. The Morgan fingerprint density at radius 2 is 1.39 bits per heavy atom. The van der Waals surface area contributed by atoms with Crippen LogP contribution in [0.3, 0.4) is 0 Å². The molecule has 0 aromatic rings. The second-order valence-electron chi connectivity index (χ2n) is 4.54. The molecule has 0 spiro atoms. The van der Waals surface area contributed by atoms with Crippen molar-refractivity contribution in [2.24, 2.45) is 0 Å². The van der Waals surface area contributed by atoms with Crippen molar-refractivity contribution in [2.75, 3.05) is 13.3 Å². The zero-order chi connectivity index (χ0) is 13.9. The number of carbonyl (C=O) groups is 1. The van der Waals surface area contributed by atoms with Crippen LogP contribution in [-0.2, 0) is 14.1 Å². The molecule has 0 unspecified atom stereocenters. The second kappa shape index (κ2) is 10.5. The predicted molar refractivity (Wildman–Crippen MR) is 70.5 cm³/mol. The molecule has 0 saturated heterocycles. The number of methoxy groups -OCH3 is 1. The van der Waals surface area contributed by atoms with Gasteiger partial charge < -0.3 is 14.5 Å². The van der Waals surface area contributed by atoms with Crippen LogP contribution in [0.5, 0.6) is 0 Å². The van der Waals surface area contributed by atoms with Gasteiger partial charge in [-0.05, 0) is 12.8 Å². The predicted octanol–water partition coefficient (Wildman–Crippen LogP) is 2.85. The summed E-state index contributed by atoms with van der Waals surface area (Å²) in [5, 5.41) is 0.